The first kappa shape index (κ1) is 9.88. The number of rotatable bonds is 3. The molecule has 0 saturated heterocycles. The van der Waals surface area contributed by atoms with E-state index in [4.69, 9.17) is 0 Å². The molecule has 0 unspecified atom stereocenters. The summed E-state index contributed by atoms with van der Waals surface area (Å²) in [6.07, 6.45) is 1.57. The number of hydrogen-bond acceptors (Lipinski definition) is 3. The van der Waals surface area contributed by atoms with Crippen molar-refractivity contribution < 1.29 is 13.2 Å². The van der Waals surface area contributed by atoms with Crippen molar-refractivity contribution in [2.24, 2.45) is 0 Å². The molecule has 1 aromatic carbocycles. The smallest absolute Gasteiger partial charge is 0.241 e. The molecular weight excluding hydrogens is 190 g/mol. The molecule has 1 aromatic rings. The van der Waals surface area contributed by atoms with Crippen molar-refractivity contribution in [1.29, 1.82) is 0 Å². The van der Waals surface area contributed by atoms with Gasteiger partial charge in [-0.1, -0.05) is 12.1 Å². The molecule has 0 aliphatic rings. The highest BCUT2D eigenvalue weighted by Gasteiger charge is 2.15. The van der Waals surface area contributed by atoms with E-state index in [0.717, 1.165) is 0 Å². The summed E-state index contributed by atoms with van der Waals surface area (Å²) in [6.45, 7) is 0. The van der Waals surface area contributed by atoms with Crippen LogP contribution in [0.4, 0.5) is 0 Å². The largest absolute Gasteiger partial charge is 0.285 e. The van der Waals surface area contributed by atoms with Crippen molar-refractivity contribution >= 4 is 16.3 Å². The van der Waals surface area contributed by atoms with Crippen molar-refractivity contribution in [3.63, 3.8) is 0 Å². The summed E-state index contributed by atoms with van der Waals surface area (Å²) in [5.74, 6) is 0. The molecule has 69 valence electrons. The van der Waals surface area contributed by atoms with Gasteiger partial charge in [0.15, 0.2) is 0 Å². The number of benzene rings is 1. The fourth-order valence-electron chi connectivity index (χ4n) is 0.895. The third-order valence-electron chi connectivity index (χ3n) is 1.56. The molecule has 1 rings (SSSR count). The highest BCUT2D eigenvalue weighted by molar-refractivity contribution is 7.89. The topological polar surface area (TPSA) is 63.2 Å². The number of nitrogens with one attached hydrogen (secondary N) is 1. The van der Waals surface area contributed by atoms with E-state index in [-0.39, 0.29) is 10.5 Å². The molecule has 0 saturated carbocycles. The van der Waals surface area contributed by atoms with Crippen LogP contribution in [0, 0.1) is 0 Å². The van der Waals surface area contributed by atoms with Gasteiger partial charge in [0, 0.05) is 5.56 Å². The monoisotopic (exact) mass is 198 g/mol. The molecular formula is C8H8NO3S. The average Bonchev–Trinajstić information content (AvgIpc) is 2.18. The van der Waals surface area contributed by atoms with E-state index in [1.54, 1.807) is 18.4 Å². The maximum absolute atomic E-state index is 11.3. The van der Waals surface area contributed by atoms with Crippen LogP contribution in [-0.4, -0.2) is 21.8 Å². The summed E-state index contributed by atoms with van der Waals surface area (Å²) in [6, 6.07) is 5.88. The Morgan fingerprint density at radius 2 is 1.92 bits per heavy atom. The molecule has 4 nitrogen and oxygen atoms in total. The van der Waals surface area contributed by atoms with Crippen molar-refractivity contribution in [2.75, 3.05) is 7.05 Å². The van der Waals surface area contributed by atoms with Crippen molar-refractivity contribution in [1.82, 2.24) is 4.72 Å². The van der Waals surface area contributed by atoms with E-state index in [9.17, 15) is 13.2 Å². The van der Waals surface area contributed by atoms with Gasteiger partial charge in [-0.05, 0) is 19.2 Å². The molecule has 0 aliphatic carbocycles. The van der Waals surface area contributed by atoms with E-state index in [2.05, 4.69) is 4.72 Å². The molecule has 0 atom stereocenters. The van der Waals surface area contributed by atoms with Crippen molar-refractivity contribution in [3.8, 4) is 0 Å². The van der Waals surface area contributed by atoms with Crippen LogP contribution in [0.15, 0.2) is 29.2 Å². The van der Waals surface area contributed by atoms with Crippen LogP contribution in [0.3, 0.4) is 0 Å². The predicted octanol–water partition coefficient (Wildman–Crippen LogP) is 0.0525. The van der Waals surface area contributed by atoms with E-state index >= 15 is 0 Å². The first-order chi connectivity index (χ1) is 6.11. The fraction of sp³-hybridized carbons (Fsp3) is 0.125. The van der Waals surface area contributed by atoms with E-state index in [0.29, 0.717) is 0 Å². The zero-order valence-electron chi connectivity index (χ0n) is 6.94. The third kappa shape index (κ3) is 1.93. The lowest BCUT2D eigenvalue weighted by atomic mass is 10.2. The van der Waals surface area contributed by atoms with Crippen LogP contribution in [-0.2, 0) is 14.8 Å². The third-order valence-corrected chi connectivity index (χ3v) is 3.03. The van der Waals surface area contributed by atoms with Gasteiger partial charge in [-0.2, -0.15) is 0 Å². The van der Waals surface area contributed by atoms with Gasteiger partial charge < -0.3 is 0 Å². The normalized spacial score (nSPS) is 11.2. The zero-order valence-corrected chi connectivity index (χ0v) is 7.76. The second-order valence-corrected chi connectivity index (χ2v) is 4.16. The lowest BCUT2D eigenvalue weighted by Gasteiger charge is -2.03. The summed E-state index contributed by atoms with van der Waals surface area (Å²) in [5, 5.41) is 0. The highest BCUT2D eigenvalue weighted by Crippen LogP contribution is 2.12. The molecule has 0 fully saturated rings. The van der Waals surface area contributed by atoms with Gasteiger partial charge in [0.1, 0.15) is 0 Å². The SMILES string of the molecule is CNS(=O)(=O)c1ccccc1[C]=O. The summed E-state index contributed by atoms with van der Waals surface area (Å²) in [7, 11) is -2.26. The Bertz CT molecular complexity index is 411. The first-order valence-electron chi connectivity index (χ1n) is 3.52. The van der Waals surface area contributed by atoms with Crippen LogP contribution < -0.4 is 4.72 Å². The quantitative estimate of drug-likeness (QED) is 0.746. The first-order valence-corrected chi connectivity index (χ1v) is 5.01. The van der Waals surface area contributed by atoms with Gasteiger partial charge in [0.05, 0.1) is 4.90 Å². The molecule has 0 aliphatic heterocycles. The van der Waals surface area contributed by atoms with Gasteiger partial charge in [-0.25, -0.2) is 13.1 Å². The van der Waals surface area contributed by atoms with Gasteiger partial charge in [-0.15, -0.1) is 0 Å². The zero-order chi connectivity index (χ0) is 9.90. The second kappa shape index (κ2) is 3.68. The highest BCUT2D eigenvalue weighted by atomic mass is 32.2. The minimum Gasteiger partial charge on any atom is -0.285 e. The molecule has 5 heteroatoms. The summed E-state index contributed by atoms with van der Waals surface area (Å²) >= 11 is 0. The summed E-state index contributed by atoms with van der Waals surface area (Å²) in [5.41, 5.74) is 0.0388. The standard InChI is InChI=1S/C8H8NO3S/c1-9-13(11,12)8-5-3-2-4-7(8)6-10/h2-5,9H,1H3. The second-order valence-electron chi connectivity index (χ2n) is 2.31. The lowest BCUT2D eigenvalue weighted by Crippen LogP contribution is -2.19. The van der Waals surface area contributed by atoms with Crippen LogP contribution in [0.2, 0.25) is 0 Å². The predicted molar refractivity (Wildman–Crippen MR) is 47.5 cm³/mol. The van der Waals surface area contributed by atoms with E-state index < -0.39 is 10.0 Å². The lowest BCUT2D eigenvalue weighted by molar-refractivity contribution is 0.560. The Kier molecular flexibility index (Phi) is 2.79. The molecule has 0 spiro atoms. The Hall–Kier alpha value is -1.20. The maximum atomic E-state index is 11.3. The minimum absolute atomic E-state index is 0.0388. The number of hydrogen-bond donors (Lipinski definition) is 1. The van der Waals surface area contributed by atoms with Crippen LogP contribution >= 0.6 is 0 Å². The molecule has 0 bridgehead atoms. The number of carbonyl (C=O) groups excluding carboxylic acids is 1. The Labute approximate surface area is 76.6 Å². The average molecular weight is 198 g/mol. The Morgan fingerprint density at radius 3 is 2.46 bits per heavy atom. The summed E-state index contributed by atoms with van der Waals surface area (Å²) < 4.78 is 24.7. The molecule has 1 N–H and O–H groups in total. The van der Waals surface area contributed by atoms with Crippen molar-refractivity contribution in [3.05, 3.63) is 29.8 Å². The van der Waals surface area contributed by atoms with E-state index in [1.807, 2.05) is 0 Å². The molecule has 0 aromatic heterocycles. The van der Waals surface area contributed by atoms with Crippen LogP contribution in [0.5, 0.6) is 0 Å². The van der Waals surface area contributed by atoms with Gasteiger partial charge >= 0.3 is 0 Å². The molecule has 0 amide bonds. The van der Waals surface area contributed by atoms with E-state index in [1.165, 1.54) is 19.2 Å². The molecule has 1 radical (unpaired) electrons. The Morgan fingerprint density at radius 1 is 1.31 bits per heavy atom. The van der Waals surface area contributed by atoms with Crippen LogP contribution in [0.1, 0.15) is 5.56 Å². The summed E-state index contributed by atoms with van der Waals surface area (Å²) in [4.78, 5) is 10.3. The number of sulfonamides is 1. The minimum atomic E-state index is -3.55. The van der Waals surface area contributed by atoms with Gasteiger partial charge in [0.25, 0.3) is 0 Å². The maximum Gasteiger partial charge on any atom is 0.241 e. The molecule has 0 heterocycles. The van der Waals surface area contributed by atoms with Crippen molar-refractivity contribution in [2.45, 2.75) is 4.90 Å². The van der Waals surface area contributed by atoms with Gasteiger partial charge in [0.2, 0.25) is 16.3 Å². The van der Waals surface area contributed by atoms with Crippen LogP contribution in [0.25, 0.3) is 0 Å². The fourth-order valence-corrected chi connectivity index (χ4v) is 1.77. The van der Waals surface area contributed by atoms with Gasteiger partial charge in [-0.3, -0.25) is 4.79 Å². The molecule has 13 heavy (non-hydrogen) atoms. The Balaban J connectivity index is 3.37.